The number of nitrogens with one attached hydrogen (secondary N) is 2. The Morgan fingerprint density at radius 2 is 1.87 bits per heavy atom. The molecule has 0 spiro atoms. The lowest BCUT2D eigenvalue weighted by Gasteiger charge is -2.06. The number of amides is 2. The number of aryl methyl sites for hydroxylation is 1. The fourth-order valence-corrected chi connectivity index (χ4v) is 4.82. The Hall–Kier alpha value is -3.52. The number of hydrogen-bond donors (Lipinski definition) is 2. The van der Waals surface area contributed by atoms with Crippen molar-refractivity contribution in [1.82, 2.24) is 5.43 Å². The van der Waals surface area contributed by atoms with Crippen molar-refractivity contribution in [3.05, 3.63) is 64.0 Å². The molecule has 1 aromatic heterocycles. The first kappa shape index (κ1) is 19.8. The molecule has 2 aromatic carbocycles. The van der Waals surface area contributed by atoms with E-state index in [2.05, 4.69) is 15.8 Å². The summed E-state index contributed by atoms with van der Waals surface area (Å²) in [5.74, 6) is -2.33. The van der Waals surface area contributed by atoms with Crippen LogP contribution in [0, 0.1) is 0 Å². The monoisotopic (exact) mass is 421 g/mol. The van der Waals surface area contributed by atoms with Gasteiger partial charge >= 0.3 is 17.8 Å². The predicted octanol–water partition coefficient (Wildman–Crippen LogP) is 3.27. The van der Waals surface area contributed by atoms with Crippen LogP contribution in [-0.2, 0) is 27.2 Å². The van der Waals surface area contributed by atoms with Crippen LogP contribution in [0.25, 0.3) is 10.8 Å². The Morgan fingerprint density at radius 3 is 2.70 bits per heavy atom. The molecule has 1 heterocycles. The van der Waals surface area contributed by atoms with Crippen molar-refractivity contribution in [3.8, 4) is 0 Å². The number of thiophene rings is 1. The van der Waals surface area contributed by atoms with E-state index in [1.165, 1.54) is 24.7 Å². The van der Waals surface area contributed by atoms with E-state index in [1.54, 1.807) is 0 Å². The van der Waals surface area contributed by atoms with Crippen molar-refractivity contribution in [3.63, 3.8) is 0 Å². The highest BCUT2D eigenvalue weighted by atomic mass is 32.1. The minimum atomic E-state index is -0.920. The zero-order valence-electron chi connectivity index (χ0n) is 16.2. The van der Waals surface area contributed by atoms with Crippen LogP contribution in [0.3, 0.4) is 0 Å². The van der Waals surface area contributed by atoms with Crippen molar-refractivity contribution in [1.29, 1.82) is 0 Å². The van der Waals surface area contributed by atoms with Crippen LogP contribution in [0.4, 0.5) is 5.00 Å². The highest BCUT2D eigenvalue weighted by Gasteiger charge is 2.29. The number of benzene rings is 2. The summed E-state index contributed by atoms with van der Waals surface area (Å²) < 4.78 is 4.84. The third kappa shape index (κ3) is 3.81. The number of anilines is 1. The van der Waals surface area contributed by atoms with Gasteiger partial charge in [-0.3, -0.25) is 9.59 Å². The molecule has 0 aliphatic heterocycles. The maximum Gasteiger partial charge on any atom is 0.341 e. The van der Waals surface area contributed by atoms with Gasteiger partial charge in [0.15, 0.2) is 0 Å². The molecular formula is C22H19N3O4S. The number of esters is 1. The van der Waals surface area contributed by atoms with Crippen molar-refractivity contribution < 1.29 is 19.1 Å². The van der Waals surface area contributed by atoms with Gasteiger partial charge in [0, 0.05) is 10.4 Å². The van der Waals surface area contributed by atoms with Gasteiger partial charge in [0.2, 0.25) is 0 Å². The maximum atomic E-state index is 12.3. The number of carbonyl (C=O) groups excluding carboxylic acids is 3. The second-order valence-corrected chi connectivity index (χ2v) is 7.88. The van der Waals surface area contributed by atoms with Gasteiger partial charge in [-0.1, -0.05) is 42.5 Å². The molecule has 0 saturated heterocycles. The topological polar surface area (TPSA) is 96.9 Å². The van der Waals surface area contributed by atoms with E-state index in [1.807, 2.05) is 42.5 Å². The van der Waals surface area contributed by atoms with Crippen LogP contribution in [-0.4, -0.2) is 31.1 Å². The zero-order valence-corrected chi connectivity index (χ0v) is 17.0. The van der Waals surface area contributed by atoms with Gasteiger partial charge in [0.1, 0.15) is 5.00 Å². The van der Waals surface area contributed by atoms with E-state index in [4.69, 9.17) is 4.74 Å². The normalized spacial score (nSPS) is 12.7. The van der Waals surface area contributed by atoms with E-state index in [0.29, 0.717) is 10.6 Å². The average molecular weight is 421 g/mol. The molecule has 152 valence electrons. The molecule has 0 atom stereocenters. The highest BCUT2D eigenvalue weighted by Crippen LogP contribution is 2.39. The van der Waals surface area contributed by atoms with Crippen LogP contribution < -0.4 is 10.7 Å². The van der Waals surface area contributed by atoms with Crippen molar-refractivity contribution in [2.45, 2.75) is 19.3 Å². The van der Waals surface area contributed by atoms with Crippen molar-refractivity contribution in [2.75, 3.05) is 12.4 Å². The number of fused-ring (bicyclic) bond motifs is 2. The molecule has 0 unspecified atom stereocenters. The van der Waals surface area contributed by atoms with E-state index in [0.717, 1.165) is 46.0 Å². The molecule has 0 radical (unpaired) electrons. The number of carbonyl (C=O) groups is 3. The zero-order chi connectivity index (χ0) is 21.1. The summed E-state index contributed by atoms with van der Waals surface area (Å²) in [6.07, 6.45) is 4.06. The number of ether oxygens (including phenoxy) is 1. The Kier molecular flexibility index (Phi) is 5.58. The largest absolute Gasteiger partial charge is 0.465 e. The number of rotatable bonds is 4. The minimum Gasteiger partial charge on any atom is -0.465 e. The second kappa shape index (κ2) is 8.46. The van der Waals surface area contributed by atoms with E-state index >= 15 is 0 Å². The molecule has 2 amide bonds. The summed E-state index contributed by atoms with van der Waals surface area (Å²) in [6.45, 7) is 0. The number of nitrogens with zero attached hydrogens (tertiary/aromatic N) is 1. The van der Waals surface area contributed by atoms with Crippen molar-refractivity contribution >= 4 is 51.1 Å². The molecule has 1 aliphatic carbocycles. The summed E-state index contributed by atoms with van der Waals surface area (Å²) in [5.41, 5.74) is 4.29. The Balaban J connectivity index is 1.46. The first-order valence-corrected chi connectivity index (χ1v) is 10.2. The van der Waals surface area contributed by atoms with Crippen LogP contribution in [0.5, 0.6) is 0 Å². The summed E-state index contributed by atoms with van der Waals surface area (Å²) in [6, 6.07) is 13.5. The fraction of sp³-hybridized carbons (Fsp3) is 0.182. The van der Waals surface area contributed by atoms with Crippen LogP contribution >= 0.6 is 11.3 Å². The molecule has 0 bridgehead atoms. The second-order valence-electron chi connectivity index (χ2n) is 6.77. The molecule has 7 nitrogen and oxygen atoms in total. The Bertz CT molecular complexity index is 1180. The molecule has 30 heavy (non-hydrogen) atoms. The number of methoxy groups -OCH3 is 1. The van der Waals surface area contributed by atoms with Gasteiger partial charge in [0.05, 0.1) is 18.9 Å². The first-order chi connectivity index (χ1) is 14.6. The van der Waals surface area contributed by atoms with Crippen LogP contribution in [0.2, 0.25) is 0 Å². The summed E-state index contributed by atoms with van der Waals surface area (Å²) in [7, 11) is 1.29. The molecule has 1 aliphatic rings. The predicted molar refractivity (Wildman–Crippen MR) is 116 cm³/mol. The molecule has 8 heteroatoms. The summed E-state index contributed by atoms with van der Waals surface area (Å²) in [5, 5.41) is 8.80. The highest BCUT2D eigenvalue weighted by molar-refractivity contribution is 7.17. The minimum absolute atomic E-state index is 0.338. The van der Waals surface area contributed by atoms with Gasteiger partial charge in [-0.15, -0.1) is 11.3 Å². The van der Waals surface area contributed by atoms with Gasteiger partial charge < -0.3 is 10.1 Å². The van der Waals surface area contributed by atoms with Gasteiger partial charge in [-0.2, -0.15) is 5.10 Å². The molecule has 3 aromatic rings. The number of hydrogen-bond acceptors (Lipinski definition) is 6. The van der Waals surface area contributed by atoms with Crippen molar-refractivity contribution in [2.24, 2.45) is 5.10 Å². The van der Waals surface area contributed by atoms with Crippen LogP contribution in [0.15, 0.2) is 47.6 Å². The molecule has 4 rings (SSSR count). The lowest BCUT2D eigenvalue weighted by molar-refractivity contribution is -0.136. The van der Waals surface area contributed by atoms with E-state index < -0.39 is 17.8 Å². The summed E-state index contributed by atoms with van der Waals surface area (Å²) >= 11 is 1.31. The lowest BCUT2D eigenvalue weighted by atomic mass is 10.1. The van der Waals surface area contributed by atoms with Gasteiger partial charge in [-0.25, -0.2) is 10.2 Å². The van der Waals surface area contributed by atoms with E-state index in [9.17, 15) is 14.4 Å². The van der Waals surface area contributed by atoms with Crippen LogP contribution in [0.1, 0.15) is 32.8 Å². The molecular weight excluding hydrogens is 402 g/mol. The third-order valence-electron chi connectivity index (χ3n) is 4.94. The van der Waals surface area contributed by atoms with E-state index in [-0.39, 0.29) is 0 Å². The standard InChI is InChI=1S/C22H19N3O4S/c1-29-22(28)18-16-10-5-11-17(16)30-21(18)24-19(26)20(27)25-23-12-14-8-4-7-13-6-2-3-9-15(13)14/h2-4,6-9,12H,5,10-11H2,1H3,(H,24,26)(H,25,27). The van der Waals surface area contributed by atoms with Gasteiger partial charge in [-0.05, 0) is 35.6 Å². The molecule has 2 N–H and O–H groups in total. The fourth-order valence-electron chi connectivity index (χ4n) is 3.54. The number of hydrazone groups is 1. The SMILES string of the molecule is COC(=O)c1c(NC(=O)C(=O)NN=Cc2cccc3ccccc23)sc2c1CCC2. The smallest absolute Gasteiger partial charge is 0.341 e. The summed E-state index contributed by atoms with van der Waals surface area (Å²) in [4.78, 5) is 37.7. The Morgan fingerprint density at radius 1 is 1.07 bits per heavy atom. The average Bonchev–Trinajstić information content (AvgIpc) is 3.34. The Labute approximate surface area is 176 Å². The molecule has 0 fully saturated rings. The molecule has 0 saturated carbocycles. The quantitative estimate of drug-likeness (QED) is 0.292. The first-order valence-electron chi connectivity index (χ1n) is 9.43. The lowest BCUT2D eigenvalue weighted by Crippen LogP contribution is -2.32. The van der Waals surface area contributed by atoms with Gasteiger partial charge in [0.25, 0.3) is 0 Å². The maximum absolute atomic E-state index is 12.3. The third-order valence-corrected chi connectivity index (χ3v) is 6.14.